The summed E-state index contributed by atoms with van der Waals surface area (Å²) in [6.07, 6.45) is 3.29. The van der Waals surface area contributed by atoms with Gasteiger partial charge in [-0.2, -0.15) is 0 Å². The molecule has 5 heteroatoms. The van der Waals surface area contributed by atoms with Crippen LogP contribution in [0.1, 0.15) is 39.7 Å². The molecule has 1 aromatic heterocycles. The van der Waals surface area contributed by atoms with Crippen molar-refractivity contribution in [1.29, 1.82) is 0 Å². The summed E-state index contributed by atoms with van der Waals surface area (Å²) in [6, 6.07) is 16.9. The third-order valence-electron chi connectivity index (χ3n) is 5.35. The maximum atomic E-state index is 5.82. The fraction of sp³-hybridized carbons (Fsp3) is 0.375. The van der Waals surface area contributed by atoms with Crippen molar-refractivity contribution < 1.29 is 4.74 Å². The number of ether oxygens (including phenoxy) is 1. The molecule has 0 saturated carbocycles. The Balaban J connectivity index is 1.82. The Labute approximate surface area is 179 Å². The molecule has 0 bridgehead atoms. The molecular formula is C24H31N3OS. The first-order chi connectivity index (χ1) is 14.1. The van der Waals surface area contributed by atoms with Gasteiger partial charge in [-0.1, -0.05) is 25.1 Å². The summed E-state index contributed by atoms with van der Waals surface area (Å²) in [6.45, 7) is 11.0. The lowest BCUT2D eigenvalue weighted by atomic mass is 10.1. The monoisotopic (exact) mass is 409 g/mol. The molecule has 0 spiro atoms. The smallest absolute Gasteiger partial charge is 0.173 e. The number of benzene rings is 2. The minimum atomic E-state index is 0.335. The van der Waals surface area contributed by atoms with E-state index < -0.39 is 0 Å². The predicted octanol–water partition coefficient (Wildman–Crippen LogP) is 6.06. The van der Waals surface area contributed by atoms with Gasteiger partial charge in [0.1, 0.15) is 5.75 Å². The SMILES string of the molecule is CCOc1ccc(NC(=S)N(Cc2cn(CC)c3ccccc23)C(C)CC)cc1. The molecule has 2 aromatic carbocycles. The van der Waals surface area contributed by atoms with Gasteiger partial charge in [-0.3, -0.25) is 0 Å². The van der Waals surface area contributed by atoms with E-state index in [4.69, 9.17) is 17.0 Å². The standard InChI is InChI=1S/C24H31N3OS/c1-5-18(4)27(24(29)25-20-12-14-21(15-13-20)28-7-3)17-19-16-26(6-2)23-11-9-8-10-22(19)23/h8-16,18H,5-7,17H2,1-4H3,(H,25,29). The summed E-state index contributed by atoms with van der Waals surface area (Å²) in [5, 5.41) is 5.46. The van der Waals surface area contributed by atoms with E-state index in [1.54, 1.807) is 0 Å². The third-order valence-corrected chi connectivity index (χ3v) is 5.69. The van der Waals surface area contributed by atoms with Gasteiger partial charge in [0.15, 0.2) is 5.11 Å². The van der Waals surface area contributed by atoms with Crippen LogP contribution in [0, 0.1) is 0 Å². The van der Waals surface area contributed by atoms with Crippen LogP contribution in [0.5, 0.6) is 5.75 Å². The van der Waals surface area contributed by atoms with Crippen molar-refractivity contribution in [2.24, 2.45) is 0 Å². The van der Waals surface area contributed by atoms with Crippen LogP contribution in [-0.4, -0.2) is 27.2 Å². The summed E-state index contributed by atoms with van der Waals surface area (Å²) in [4.78, 5) is 2.29. The Morgan fingerprint density at radius 1 is 1.10 bits per heavy atom. The lowest BCUT2D eigenvalue weighted by Crippen LogP contribution is -2.40. The molecule has 4 nitrogen and oxygen atoms in total. The van der Waals surface area contributed by atoms with E-state index in [0.29, 0.717) is 12.6 Å². The topological polar surface area (TPSA) is 29.4 Å². The van der Waals surface area contributed by atoms with Crippen molar-refractivity contribution in [3.8, 4) is 5.75 Å². The number of fused-ring (bicyclic) bond motifs is 1. The van der Waals surface area contributed by atoms with Crippen LogP contribution in [0.4, 0.5) is 5.69 Å². The summed E-state index contributed by atoms with van der Waals surface area (Å²) in [5.41, 5.74) is 3.56. The van der Waals surface area contributed by atoms with Crippen molar-refractivity contribution in [2.45, 2.75) is 53.2 Å². The third kappa shape index (κ3) is 4.91. The Morgan fingerprint density at radius 2 is 1.83 bits per heavy atom. The number of nitrogens with zero attached hydrogens (tertiary/aromatic N) is 2. The molecule has 1 N–H and O–H groups in total. The van der Waals surface area contributed by atoms with Gasteiger partial charge in [-0.05, 0) is 75.3 Å². The van der Waals surface area contributed by atoms with Crippen LogP contribution < -0.4 is 10.1 Å². The second kappa shape index (κ2) is 9.79. The zero-order valence-corrected chi connectivity index (χ0v) is 18.6. The normalized spacial score (nSPS) is 12.0. The van der Waals surface area contributed by atoms with E-state index in [-0.39, 0.29) is 0 Å². The molecule has 29 heavy (non-hydrogen) atoms. The molecule has 1 heterocycles. The van der Waals surface area contributed by atoms with Crippen molar-refractivity contribution in [1.82, 2.24) is 9.47 Å². The van der Waals surface area contributed by atoms with E-state index in [2.05, 4.69) is 66.0 Å². The van der Waals surface area contributed by atoms with Crippen molar-refractivity contribution in [3.05, 3.63) is 60.3 Å². The first-order valence-corrected chi connectivity index (χ1v) is 10.8. The summed E-state index contributed by atoms with van der Waals surface area (Å²) in [7, 11) is 0. The molecule has 0 fully saturated rings. The van der Waals surface area contributed by atoms with Gasteiger partial charge in [0.25, 0.3) is 0 Å². The van der Waals surface area contributed by atoms with Crippen molar-refractivity contribution in [2.75, 3.05) is 11.9 Å². The molecule has 3 aromatic rings. The summed E-state index contributed by atoms with van der Waals surface area (Å²) in [5.74, 6) is 0.870. The number of aromatic nitrogens is 1. The number of hydrogen-bond donors (Lipinski definition) is 1. The van der Waals surface area contributed by atoms with Gasteiger partial charge in [0.05, 0.1) is 6.61 Å². The fourth-order valence-corrected chi connectivity index (χ4v) is 3.90. The maximum Gasteiger partial charge on any atom is 0.173 e. The molecule has 154 valence electrons. The molecule has 0 aliphatic heterocycles. The van der Waals surface area contributed by atoms with Gasteiger partial charge in [0, 0.05) is 41.9 Å². The van der Waals surface area contributed by atoms with Gasteiger partial charge in [-0.15, -0.1) is 0 Å². The number of thiocarbonyl (C=S) groups is 1. The molecule has 0 aliphatic rings. The van der Waals surface area contributed by atoms with E-state index in [1.165, 1.54) is 16.5 Å². The predicted molar refractivity (Wildman–Crippen MR) is 127 cm³/mol. The van der Waals surface area contributed by atoms with Crippen molar-refractivity contribution in [3.63, 3.8) is 0 Å². The van der Waals surface area contributed by atoms with E-state index >= 15 is 0 Å². The zero-order chi connectivity index (χ0) is 20.8. The second-order valence-corrected chi connectivity index (χ2v) is 7.62. The number of anilines is 1. The Bertz CT molecular complexity index is 948. The van der Waals surface area contributed by atoms with E-state index in [9.17, 15) is 0 Å². The highest BCUT2D eigenvalue weighted by molar-refractivity contribution is 7.80. The molecule has 0 radical (unpaired) electrons. The van der Waals surface area contributed by atoms with E-state index in [1.807, 2.05) is 31.2 Å². The molecule has 0 amide bonds. The minimum absolute atomic E-state index is 0.335. The van der Waals surface area contributed by atoms with Crippen LogP contribution >= 0.6 is 12.2 Å². The van der Waals surface area contributed by atoms with E-state index in [0.717, 1.165) is 36.1 Å². The van der Waals surface area contributed by atoms with Gasteiger partial charge >= 0.3 is 0 Å². The molecule has 1 unspecified atom stereocenters. The molecule has 0 saturated heterocycles. The molecule has 0 aliphatic carbocycles. The number of rotatable bonds is 8. The second-order valence-electron chi connectivity index (χ2n) is 7.23. The van der Waals surface area contributed by atoms with Gasteiger partial charge in [-0.25, -0.2) is 0 Å². The van der Waals surface area contributed by atoms with Crippen LogP contribution in [0.3, 0.4) is 0 Å². The lowest BCUT2D eigenvalue weighted by Gasteiger charge is -2.31. The van der Waals surface area contributed by atoms with Crippen LogP contribution in [0.15, 0.2) is 54.7 Å². The Kier molecular flexibility index (Phi) is 7.15. The molecular weight excluding hydrogens is 378 g/mol. The first-order valence-electron chi connectivity index (χ1n) is 10.4. The van der Waals surface area contributed by atoms with Crippen LogP contribution in [0.25, 0.3) is 10.9 Å². The summed E-state index contributed by atoms with van der Waals surface area (Å²) >= 11 is 5.82. The first kappa shape index (κ1) is 21.2. The lowest BCUT2D eigenvalue weighted by molar-refractivity contribution is 0.320. The van der Waals surface area contributed by atoms with Crippen molar-refractivity contribution >= 4 is 33.9 Å². The number of para-hydroxylation sites is 1. The number of hydrogen-bond acceptors (Lipinski definition) is 2. The maximum absolute atomic E-state index is 5.82. The number of aryl methyl sites for hydroxylation is 1. The number of nitrogens with one attached hydrogen (secondary N) is 1. The summed E-state index contributed by atoms with van der Waals surface area (Å²) < 4.78 is 7.84. The average molecular weight is 410 g/mol. The quantitative estimate of drug-likeness (QED) is 0.458. The highest BCUT2D eigenvalue weighted by Crippen LogP contribution is 2.25. The highest BCUT2D eigenvalue weighted by atomic mass is 32.1. The van der Waals surface area contributed by atoms with Crippen LogP contribution in [0.2, 0.25) is 0 Å². The highest BCUT2D eigenvalue weighted by Gasteiger charge is 2.19. The fourth-order valence-electron chi connectivity index (χ4n) is 3.54. The van der Waals surface area contributed by atoms with Crippen LogP contribution in [-0.2, 0) is 13.1 Å². The minimum Gasteiger partial charge on any atom is -0.494 e. The van der Waals surface area contributed by atoms with Gasteiger partial charge in [0.2, 0.25) is 0 Å². The van der Waals surface area contributed by atoms with Gasteiger partial charge < -0.3 is 19.5 Å². The molecule has 3 rings (SSSR count). The Morgan fingerprint density at radius 3 is 2.48 bits per heavy atom. The zero-order valence-electron chi connectivity index (χ0n) is 17.8. The average Bonchev–Trinajstić information content (AvgIpc) is 3.10. The Hall–Kier alpha value is -2.53. The molecule has 1 atom stereocenters. The largest absolute Gasteiger partial charge is 0.494 e.